The van der Waals surface area contributed by atoms with Crippen molar-refractivity contribution in [2.24, 2.45) is 10.7 Å². The van der Waals surface area contributed by atoms with Crippen LogP contribution in [-0.4, -0.2) is 102 Å². The van der Waals surface area contributed by atoms with Crippen LogP contribution >= 0.6 is 0 Å². The van der Waals surface area contributed by atoms with Gasteiger partial charge < -0.3 is 15.4 Å². The number of pyridine rings is 1. The second-order valence-corrected chi connectivity index (χ2v) is 11.0. The molecule has 0 radical (unpaired) electrons. The second kappa shape index (κ2) is 8.00. The number of fused-ring (bicyclic) bond motifs is 2. The normalized spacial score (nSPS) is 26.1. The lowest BCUT2D eigenvalue weighted by atomic mass is 9.98. The summed E-state index contributed by atoms with van der Waals surface area (Å²) in [6.07, 6.45) is 8.86. The van der Waals surface area contributed by atoms with Crippen LogP contribution in [-0.2, 0) is 14.8 Å². The fourth-order valence-corrected chi connectivity index (χ4v) is 5.66. The molecule has 34 heavy (non-hydrogen) atoms. The lowest BCUT2D eigenvalue weighted by Crippen LogP contribution is -2.63. The largest absolute Gasteiger partial charge is 0.455 e. The average Bonchev–Trinajstić information content (AvgIpc) is 3.16. The predicted octanol–water partition coefficient (Wildman–Crippen LogP) is -0.174. The zero-order valence-corrected chi connectivity index (χ0v) is 19.6. The van der Waals surface area contributed by atoms with E-state index in [0.717, 1.165) is 48.8 Å². The maximum Gasteiger partial charge on any atom is 0.283 e. The third-order valence-corrected chi connectivity index (χ3v) is 8.12. The summed E-state index contributed by atoms with van der Waals surface area (Å²) in [4.78, 5) is 23.0. The molecule has 6 rings (SSSR count). The van der Waals surface area contributed by atoms with Crippen molar-refractivity contribution < 1.29 is 13.2 Å². The Labute approximate surface area is 197 Å². The maximum absolute atomic E-state index is 11.7. The fraction of sp³-hybridized carbons (Fsp3) is 0.455. The van der Waals surface area contributed by atoms with Gasteiger partial charge in [0.05, 0.1) is 18.1 Å². The molecule has 0 saturated carbocycles. The van der Waals surface area contributed by atoms with Crippen LogP contribution < -0.4 is 10.6 Å². The number of allylic oxidation sites excluding steroid dienone is 2. The summed E-state index contributed by atoms with van der Waals surface area (Å²) in [5, 5.41) is 0. The number of hydrogen-bond acceptors (Lipinski definition) is 10. The highest BCUT2D eigenvalue weighted by Gasteiger charge is 2.36. The molecular weight excluding hydrogens is 456 g/mol. The van der Waals surface area contributed by atoms with Crippen molar-refractivity contribution in [3.63, 3.8) is 0 Å². The Bertz CT molecular complexity index is 1330. The number of piperazine rings is 1. The molecule has 2 fully saturated rings. The van der Waals surface area contributed by atoms with E-state index in [1.165, 1.54) is 6.26 Å². The molecule has 0 aromatic carbocycles. The quantitative estimate of drug-likeness (QED) is 0.631. The summed E-state index contributed by atoms with van der Waals surface area (Å²) in [6.45, 7) is 4.29. The topological polar surface area (TPSA) is 130 Å². The molecule has 0 spiro atoms. The van der Waals surface area contributed by atoms with Crippen LogP contribution in [0.3, 0.4) is 0 Å². The lowest BCUT2D eigenvalue weighted by molar-refractivity contribution is 0.117. The van der Waals surface area contributed by atoms with Crippen LogP contribution in [0.5, 0.6) is 0 Å². The minimum atomic E-state index is -3.11. The number of rotatable bonds is 4. The Kier molecular flexibility index (Phi) is 5.04. The maximum atomic E-state index is 11.7. The molecule has 4 aliphatic rings. The average molecular weight is 483 g/mol. The molecule has 5 heterocycles. The van der Waals surface area contributed by atoms with Gasteiger partial charge in [-0.3, -0.25) is 4.90 Å². The number of aromatic nitrogens is 3. The van der Waals surface area contributed by atoms with E-state index in [4.69, 9.17) is 20.4 Å². The van der Waals surface area contributed by atoms with Crippen LogP contribution in [0.25, 0.3) is 16.7 Å². The molecule has 2 atom stereocenters. The van der Waals surface area contributed by atoms with E-state index in [1.807, 2.05) is 30.4 Å². The van der Waals surface area contributed by atoms with E-state index in [-0.39, 0.29) is 18.2 Å². The second-order valence-electron chi connectivity index (χ2n) is 9.05. The number of nitrogens with zero attached hydrogens (tertiary/aromatic N) is 7. The van der Waals surface area contributed by atoms with E-state index in [2.05, 4.69) is 19.8 Å². The van der Waals surface area contributed by atoms with Gasteiger partial charge in [0.1, 0.15) is 23.5 Å². The standard InChI is InChI=1S/C22H26N8O3S/c1-34(31,32)30-8-6-28(7-9-30)15-12-29(13-15)20-11-24-17-4-3-16(25-21(17)27-20)14-2-5-19-18(10-14)26-22(23)33-19/h2-5,10-11,15,18-19H,6-9,12-13H2,1H3,(H2,23,26). The highest BCUT2D eigenvalue weighted by molar-refractivity contribution is 7.88. The zero-order valence-electron chi connectivity index (χ0n) is 18.8. The number of sulfonamides is 1. The van der Waals surface area contributed by atoms with E-state index >= 15 is 0 Å². The van der Waals surface area contributed by atoms with Crippen molar-refractivity contribution in [3.8, 4) is 0 Å². The Morgan fingerprint density at radius 1 is 1.12 bits per heavy atom. The van der Waals surface area contributed by atoms with Gasteiger partial charge in [-0.25, -0.2) is 28.4 Å². The van der Waals surface area contributed by atoms with Crippen molar-refractivity contribution in [2.45, 2.75) is 18.2 Å². The molecule has 2 N–H and O–H groups in total. The third kappa shape index (κ3) is 3.91. The van der Waals surface area contributed by atoms with Gasteiger partial charge in [-0.05, 0) is 29.9 Å². The fourth-order valence-electron chi connectivity index (χ4n) is 4.83. The highest BCUT2D eigenvalue weighted by Crippen LogP contribution is 2.28. The molecule has 0 bridgehead atoms. The highest BCUT2D eigenvalue weighted by atomic mass is 32.2. The zero-order chi connectivity index (χ0) is 23.4. The van der Waals surface area contributed by atoms with Gasteiger partial charge in [0, 0.05) is 45.3 Å². The molecule has 2 saturated heterocycles. The van der Waals surface area contributed by atoms with Gasteiger partial charge in [0.25, 0.3) is 6.02 Å². The molecule has 2 aromatic rings. The Balaban J connectivity index is 1.14. The van der Waals surface area contributed by atoms with Crippen molar-refractivity contribution in [2.75, 3.05) is 50.4 Å². The Morgan fingerprint density at radius 3 is 2.68 bits per heavy atom. The van der Waals surface area contributed by atoms with E-state index in [1.54, 1.807) is 10.5 Å². The van der Waals surface area contributed by atoms with Crippen molar-refractivity contribution in [1.82, 2.24) is 24.2 Å². The minimum Gasteiger partial charge on any atom is -0.455 e. The van der Waals surface area contributed by atoms with Gasteiger partial charge in [-0.2, -0.15) is 4.31 Å². The van der Waals surface area contributed by atoms with Crippen LogP contribution in [0, 0.1) is 0 Å². The first kappa shape index (κ1) is 21.4. The summed E-state index contributed by atoms with van der Waals surface area (Å²) in [6, 6.07) is 4.34. The van der Waals surface area contributed by atoms with Crippen molar-refractivity contribution in [1.29, 1.82) is 0 Å². The minimum absolute atomic E-state index is 0.132. The summed E-state index contributed by atoms with van der Waals surface area (Å²) >= 11 is 0. The van der Waals surface area contributed by atoms with Gasteiger partial charge in [-0.15, -0.1) is 0 Å². The van der Waals surface area contributed by atoms with Crippen LogP contribution in [0.15, 0.2) is 41.6 Å². The van der Waals surface area contributed by atoms with Gasteiger partial charge in [0.2, 0.25) is 10.0 Å². The molecule has 2 unspecified atom stereocenters. The Morgan fingerprint density at radius 2 is 1.91 bits per heavy atom. The number of hydrogen-bond donors (Lipinski definition) is 1. The molecular formula is C22H26N8O3S. The first-order chi connectivity index (χ1) is 16.3. The van der Waals surface area contributed by atoms with Crippen molar-refractivity contribution in [3.05, 3.63) is 42.3 Å². The molecule has 2 aromatic heterocycles. The van der Waals surface area contributed by atoms with Crippen LogP contribution in [0.4, 0.5) is 5.82 Å². The predicted molar refractivity (Wildman–Crippen MR) is 129 cm³/mol. The number of anilines is 1. The molecule has 12 heteroatoms. The first-order valence-corrected chi connectivity index (χ1v) is 13.2. The summed E-state index contributed by atoms with van der Waals surface area (Å²) in [5.74, 6) is 0.804. The first-order valence-electron chi connectivity index (χ1n) is 11.3. The summed E-state index contributed by atoms with van der Waals surface area (Å²) < 4.78 is 30.5. The number of ether oxygens (including phenoxy) is 1. The Hall–Kier alpha value is -3.09. The van der Waals surface area contributed by atoms with E-state index < -0.39 is 10.0 Å². The molecule has 178 valence electrons. The van der Waals surface area contributed by atoms with Gasteiger partial charge in [-0.1, -0.05) is 6.08 Å². The summed E-state index contributed by atoms with van der Waals surface area (Å²) in [7, 11) is -3.11. The lowest BCUT2D eigenvalue weighted by Gasteiger charge is -2.48. The molecule has 0 amide bonds. The van der Waals surface area contributed by atoms with Crippen LogP contribution in [0.2, 0.25) is 0 Å². The van der Waals surface area contributed by atoms with Crippen LogP contribution in [0.1, 0.15) is 5.69 Å². The smallest absolute Gasteiger partial charge is 0.283 e. The molecule has 3 aliphatic heterocycles. The SMILES string of the molecule is CS(=O)(=O)N1CCN(C2CN(c3cnc4ccc(C5=CC6N=C(N)OC6C=C5)nc4n3)C2)CC1. The number of aliphatic imine (C=N–C) groups is 1. The number of amidine groups is 1. The van der Waals surface area contributed by atoms with Gasteiger partial charge in [0.15, 0.2) is 5.65 Å². The summed E-state index contributed by atoms with van der Waals surface area (Å²) in [5.41, 5.74) is 8.79. The molecule has 11 nitrogen and oxygen atoms in total. The van der Waals surface area contributed by atoms with E-state index in [0.29, 0.717) is 24.8 Å². The van der Waals surface area contributed by atoms with Crippen molar-refractivity contribution >= 4 is 38.6 Å². The monoisotopic (exact) mass is 482 g/mol. The third-order valence-electron chi connectivity index (χ3n) is 6.82. The number of nitrogens with two attached hydrogens (primary N) is 1. The van der Waals surface area contributed by atoms with E-state index in [9.17, 15) is 8.42 Å². The van der Waals surface area contributed by atoms with Gasteiger partial charge >= 0.3 is 0 Å². The molecule has 1 aliphatic carbocycles.